The molecule has 0 spiro atoms. The molecule has 0 saturated carbocycles. The van der Waals surface area contributed by atoms with Gasteiger partial charge in [-0.1, -0.05) is 36.4 Å². The van der Waals surface area contributed by atoms with E-state index in [2.05, 4.69) is 46.0 Å². The van der Waals surface area contributed by atoms with Gasteiger partial charge in [0.1, 0.15) is 0 Å². The lowest BCUT2D eigenvalue weighted by Crippen LogP contribution is -2.47. The van der Waals surface area contributed by atoms with E-state index in [0.29, 0.717) is 18.4 Å². The molecule has 32 heavy (non-hydrogen) atoms. The second-order valence-electron chi connectivity index (χ2n) is 8.30. The quantitative estimate of drug-likeness (QED) is 0.516. The summed E-state index contributed by atoms with van der Waals surface area (Å²) in [6.45, 7) is 2.90. The number of guanidine groups is 1. The van der Waals surface area contributed by atoms with E-state index >= 15 is 0 Å². The maximum Gasteiger partial charge on any atom is 0.241 e. The third-order valence-corrected chi connectivity index (χ3v) is 6.11. The SMILES string of the molecule is CN=C(NCCc1ccc2c(c1)OCO2)NCC(=O)N1CCC(Cc2ccccc2)CC1. The predicted octanol–water partition coefficient (Wildman–Crippen LogP) is 2.60. The first kappa shape index (κ1) is 22.0. The fourth-order valence-corrected chi connectivity index (χ4v) is 4.25. The smallest absolute Gasteiger partial charge is 0.241 e. The Morgan fingerprint density at radius 3 is 2.59 bits per heavy atom. The predicted molar refractivity (Wildman–Crippen MR) is 125 cm³/mol. The van der Waals surface area contributed by atoms with Gasteiger partial charge in [0.05, 0.1) is 6.54 Å². The molecule has 2 aliphatic rings. The Labute approximate surface area is 189 Å². The maximum absolute atomic E-state index is 12.6. The number of nitrogens with one attached hydrogen (secondary N) is 2. The van der Waals surface area contributed by atoms with E-state index in [1.165, 1.54) is 5.56 Å². The summed E-state index contributed by atoms with van der Waals surface area (Å²) in [4.78, 5) is 18.8. The van der Waals surface area contributed by atoms with E-state index in [0.717, 1.165) is 55.8 Å². The summed E-state index contributed by atoms with van der Waals surface area (Å²) < 4.78 is 10.8. The zero-order valence-electron chi connectivity index (χ0n) is 18.7. The third kappa shape index (κ3) is 5.93. The first-order valence-electron chi connectivity index (χ1n) is 11.4. The molecule has 0 aliphatic carbocycles. The van der Waals surface area contributed by atoms with E-state index in [9.17, 15) is 4.79 Å². The minimum Gasteiger partial charge on any atom is -0.454 e. The highest BCUT2D eigenvalue weighted by Crippen LogP contribution is 2.32. The summed E-state index contributed by atoms with van der Waals surface area (Å²) in [5.41, 5.74) is 2.54. The molecule has 7 nitrogen and oxygen atoms in total. The normalized spacial score (nSPS) is 16.2. The van der Waals surface area contributed by atoms with Crippen molar-refractivity contribution in [1.29, 1.82) is 0 Å². The number of amides is 1. The molecule has 0 atom stereocenters. The van der Waals surface area contributed by atoms with Crippen molar-refractivity contribution in [3.63, 3.8) is 0 Å². The zero-order valence-corrected chi connectivity index (χ0v) is 18.7. The molecular weight excluding hydrogens is 404 g/mol. The van der Waals surface area contributed by atoms with Crippen molar-refractivity contribution in [2.45, 2.75) is 25.7 Å². The van der Waals surface area contributed by atoms with Crippen LogP contribution in [0.5, 0.6) is 11.5 Å². The second-order valence-corrected chi connectivity index (χ2v) is 8.30. The number of likely N-dealkylation sites (tertiary alicyclic amines) is 1. The number of rotatable bonds is 7. The Morgan fingerprint density at radius 2 is 1.81 bits per heavy atom. The number of hydrogen-bond acceptors (Lipinski definition) is 4. The fraction of sp³-hybridized carbons (Fsp3) is 0.440. The summed E-state index contributed by atoms with van der Waals surface area (Å²) in [5.74, 6) is 3.00. The second kappa shape index (κ2) is 10.9. The molecule has 2 aromatic rings. The molecule has 0 radical (unpaired) electrons. The van der Waals surface area contributed by atoms with Gasteiger partial charge in [0, 0.05) is 26.7 Å². The van der Waals surface area contributed by atoms with Crippen molar-refractivity contribution in [1.82, 2.24) is 15.5 Å². The lowest BCUT2D eigenvalue weighted by Gasteiger charge is -2.32. The van der Waals surface area contributed by atoms with Crippen LogP contribution < -0.4 is 20.1 Å². The first-order chi connectivity index (χ1) is 15.7. The highest BCUT2D eigenvalue weighted by molar-refractivity contribution is 5.86. The van der Waals surface area contributed by atoms with Gasteiger partial charge in [0.2, 0.25) is 12.7 Å². The van der Waals surface area contributed by atoms with E-state index in [-0.39, 0.29) is 19.2 Å². The number of piperidine rings is 1. The minimum atomic E-state index is 0.127. The van der Waals surface area contributed by atoms with Crippen LogP contribution >= 0.6 is 0 Å². The van der Waals surface area contributed by atoms with Gasteiger partial charge in [-0.3, -0.25) is 9.79 Å². The lowest BCUT2D eigenvalue weighted by molar-refractivity contribution is -0.131. The molecule has 7 heteroatoms. The van der Waals surface area contributed by atoms with Crippen LogP contribution in [0.3, 0.4) is 0 Å². The largest absolute Gasteiger partial charge is 0.454 e. The summed E-state index contributed by atoms with van der Waals surface area (Å²) >= 11 is 0. The van der Waals surface area contributed by atoms with Gasteiger partial charge < -0.3 is 25.0 Å². The monoisotopic (exact) mass is 436 g/mol. The average Bonchev–Trinajstić information content (AvgIpc) is 3.30. The molecule has 0 bridgehead atoms. The number of carbonyl (C=O) groups is 1. The van der Waals surface area contributed by atoms with Crippen molar-refractivity contribution in [3.8, 4) is 11.5 Å². The number of hydrogen-bond donors (Lipinski definition) is 2. The van der Waals surface area contributed by atoms with Gasteiger partial charge in [0.15, 0.2) is 17.5 Å². The van der Waals surface area contributed by atoms with Crippen LogP contribution in [0.1, 0.15) is 24.0 Å². The number of fused-ring (bicyclic) bond motifs is 1. The number of carbonyl (C=O) groups excluding carboxylic acids is 1. The Balaban J connectivity index is 1.14. The molecule has 2 aromatic carbocycles. The van der Waals surface area contributed by atoms with Gasteiger partial charge in [-0.15, -0.1) is 0 Å². The highest BCUT2D eigenvalue weighted by atomic mass is 16.7. The Kier molecular flexibility index (Phi) is 7.48. The van der Waals surface area contributed by atoms with Gasteiger partial charge in [-0.25, -0.2) is 0 Å². The topological polar surface area (TPSA) is 75.2 Å². The Hall–Kier alpha value is -3.22. The van der Waals surface area contributed by atoms with Crippen molar-refractivity contribution >= 4 is 11.9 Å². The molecule has 170 valence electrons. The molecule has 1 saturated heterocycles. The van der Waals surface area contributed by atoms with Crippen LogP contribution in [-0.4, -0.2) is 56.8 Å². The van der Waals surface area contributed by atoms with E-state index in [1.54, 1.807) is 7.05 Å². The summed E-state index contributed by atoms with van der Waals surface area (Å²) in [5, 5.41) is 6.42. The fourth-order valence-electron chi connectivity index (χ4n) is 4.25. The molecule has 0 unspecified atom stereocenters. The molecule has 2 heterocycles. The van der Waals surface area contributed by atoms with Crippen molar-refractivity contribution < 1.29 is 14.3 Å². The molecule has 1 amide bonds. The minimum absolute atomic E-state index is 0.127. The molecule has 1 fully saturated rings. The molecular formula is C25H32N4O3. The zero-order chi connectivity index (χ0) is 22.2. The van der Waals surface area contributed by atoms with E-state index < -0.39 is 0 Å². The summed E-state index contributed by atoms with van der Waals surface area (Å²) in [7, 11) is 1.72. The van der Waals surface area contributed by atoms with Gasteiger partial charge in [-0.05, 0) is 54.9 Å². The van der Waals surface area contributed by atoms with Gasteiger partial charge in [0.25, 0.3) is 0 Å². The van der Waals surface area contributed by atoms with Crippen molar-refractivity contribution in [2.75, 3.05) is 40.0 Å². The van der Waals surface area contributed by atoms with Crippen LogP contribution in [-0.2, 0) is 17.6 Å². The number of ether oxygens (including phenoxy) is 2. The standard InChI is InChI=1S/C25H32N4O3/c1-26-25(27-12-9-20-7-8-22-23(16-20)32-18-31-22)28-17-24(30)29-13-10-21(11-14-29)15-19-5-3-2-4-6-19/h2-8,16,21H,9-15,17-18H2,1H3,(H2,26,27,28). The number of nitrogens with zero attached hydrogens (tertiary/aromatic N) is 2. The van der Waals surface area contributed by atoms with Crippen molar-refractivity contribution in [2.24, 2.45) is 10.9 Å². The number of aliphatic imine (C=N–C) groups is 1. The first-order valence-corrected chi connectivity index (χ1v) is 11.4. The molecule has 4 rings (SSSR count). The summed E-state index contributed by atoms with van der Waals surface area (Å²) in [6, 6.07) is 16.6. The van der Waals surface area contributed by atoms with Crippen LogP contribution in [0.25, 0.3) is 0 Å². The molecule has 0 aromatic heterocycles. The average molecular weight is 437 g/mol. The Bertz CT molecular complexity index is 924. The molecule has 2 N–H and O–H groups in total. The third-order valence-electron chi connectivity index (χ3n) is 6.11. The number of benzene rings is 2. The maximum atomic E-state index is 12.6. The highest BCUT2D eigenvalue weighted by Gasteiger charge is 2.23. The van der Waals surface area contributed by atoms with Crippen LogP contribution in [0.2, 0.25) is 0 Å². The summed E-state index contributed by atoms with van der Waals surface area (Å²) in [6.07, 6.45) is 4.04. The van der Waals surface area contributed by atoms with Crippen molar-refractivity contribution in [3.05, 3.63) is 59.7 Å². The van der Waals surface area contributed by atoms with E-state index in [4.69, 9.17) is 9.47 Å². The molecule has 2 aliphatic heterocycles. The van der Waals surface area contributed by atoms with E-state index in [1.807, 2.05) is 23.1 Å². The van der Waals surface area contributed by atoms with Crippen LogP contribution in [0, 0.1) is 5.92 Å². The van der Waals surface area contributed by atoms with Crippen LogP contribution in [0.15, 0.2) is 53.5 Å². The lowest BCUT2D eigenvalue weighted by atomic mass is 9.90. The van der Waals surface area contributed by atoms with Gasteiger partial charge in [-0.2, -0.15) is 0 Å². The van der Waals surface area contributed by atoms with Gasteiger partial charge >= 0.3 is 0 Å². The van der Waals surface area contributed by atoms with Crippen LogP contribution in [0.4, 0.5) is 0 Å². The Morgan fingerprint density at radius 1 is 1.03 bits per heavy atom.